The van der Waals surface area contributed by atoms with Crippen LogP contribution in [0, 0.1) is 12.7 Å². The number of nitrogens with one attached hydrogen (secondary N) is 1. The van der Waals surface area contributed by atoms with Crippen molar-refractivity contribution in [3.05, 3.63) is 59.5 Å². The van der Waals surface area contributed by atoms with Crippen molar-refractivity contribution < 1.29 is 13.2 Å². The van der Waals surface area contributed by atoms with Crippen LogP contribution in [0.15, 0.2) is 45.4 Å². The van der Waals surface area contributed by atoms with E-state index in [0.717, 1.165) is 35.4 Å². The number of furan rings is 2. The molecule has 4 heteroatoms. The number of halogens is 1. The Morgan fingerprint density at radius 3 is 2.81 bits per heavy atom. The number of aryl methyl sites for hydroxylation is 1. The van der Waals surface area contributed by atoms with Gasteiger partial charge in [-0.3, -0.25) is 0 Å². The third kappa shape index (κ3) is 2.72. The Morgan fingerprint density at radius 2 is 2.10 bits per heavy atom. The van der Waals surface area contributed by atoms with E-state index in [9.17, 15) is 4.39 Å². The molecule has 3 rings (SSSR count). The number of rotatable bonds is 5. The molecule has 1 unspecified atom stereocenters. The van der Waals surface area contributed by atoms with Crippen molar-refractivity contribution in [3.8, 4) is 0 Å². The van der Waals surface area contributed by atoms with E-state index in [-0.39, 0.29) is 11.9 Å². The molecule has 0 saturated carbocycles. The van der Waals surface area contributed by atoms with Crippen LogP contribution >= 0.6 is 0 Å². The summed E-state index contributed by atoms with van der Waals surface area (Å²) in [6.07, 6.45) is 2.68. The topological polar surface area (TPSA) is 38.3 Å². The Balaban J connectivity index is 2.03. The average molecular weight is 287 g/mol. The predicted molar refractivity (Wildman–Crippen MR) is 79.8 cm³/mol. The van der Waals surface area contributed by atoms with Gasteiger partial charge in [0.2, 0.25) is 0 Å². The lowest BCUT2D eigenvalue weighted by Gasteiger charge is -2.14. The maximum atomic E-state index is 13.3. The van der Waals surface area contributed by atoms with Crippen LogP contribution < -0.4 is 5.32 Å². The number of fused-ring (bicyclic) bond motifs is 1. The highest BCUT2D eigenvalue weighted by Gasteiger charge is 2.22. The molecule has 1 atom stereocenters. The lowest BCUT2D eigenvalue weighted by molar-refractivity contribution is 0.397. The monoisotopic (exact) mass is 287 g/mol. The van der Waals surface area contributed by atoms with Crippen molar-refractivity contribution in [2.45, 2.75) is 26.3 Å². The summed E-state index contributed by atoms with van der Waals surface area (Å²) in [6.45, 7) is 4.95. The molecular weight excluding hydrogens is 269 g/mol. The summed E-state index contributed by atoms with van der Waals surface area (Å²) in [4.78, 5) is 0. The summed E-state index contributed by atoms with van der Waals surface area (Å²) in [5, 5.41) is 4.18. The molecule has 0 fully saturated rings. The van der Waals surface area contributed by atoms with Crippen molar-refractivity contribution in [2.75, 3.05) is 6.54 Å². The van der Waals surface area contributed by atoms with E-state index in [1.54, 1.807) is 12.3 Å². The van der Waals surface area contributed by atoms with E-state index in [0.29, 0.717) is 5.58 Å². The smallest absolute Gasteiger partial charge is 0.134 e. The van der Waals surface area contributed by atoms with E-state index < -0.39 is 0 Å². The van der Waals surface area contributed by atoms with Gasteiger partial charge in [-0.05, 0) is 55.8 Å². The molecule has 0 saturated heterocycles. The Morgan fingerprint density at radius 1 is 1.24 bits per heavy atom. The summed E-state index contributed by atoms with van der Waals surface area (Å²) < 4.78 is 24.8. The van der Waals surface area contributed by atoms with E-state index in [1.165, 1.54) is 12.1 Å². The third-order valence-electron chi connectivity index (χ3n) is 3.54. The average Bonchev–Trinajstić information content (AvgIpc) is 3.06. The fourth-order valence-corrected chi connectivity index (χ4v) is 2.47. The van der Waals surface area contributed by atoms with E-state index in [2.05, 4.69) is 12.2 Å². The second kappa shape index (κ2) is 5.74. The molecule has 2 heterocycles. The van der Waals surface area contributed by atoms with Gasteiger partial charge in [0.05, 0.1) is 6.26 Å². The lowest BCUT2D eigenvalue weighted by atomic mass is 10.1. The minimum absolute atomic E-state index is 0.157. The zero-order valence-corrected chi connectivity index (χ0v) is 12.2. The first-order valence-corrected chi connectivity index (χ1v) is 7.15. The zero-order chi connectivity index (χ0) is 14.8. The summed E-state index contributed by atoms with van der Waals surface area (Å²) in [6, 6.07) is 8.18. The molecule has 110 valence electrons. The molecule has 0 aliphatic heterocycles. The molecule has 1 aromatic carbocycles. The standard InChI is InChI=1S/C17H18FNO2/c1-3-7-19-16(17-11(2)6-8-20-17)15-10-12-9-13(18)4-5-14(12)21-15/h4-6,8-10,16,19H,3,7H2,1-2H3. The van der Waals surface area contributed by atoms with Crippen molar-refractivity contribution in [3.63, 3.8) is 0 Å². The molecule has 0 aliphatic carbocycles. The first-order chi connectivity index (χ1) is 10.2. The van der Waals surface area contributed by atoms with Crippen LogP contribution in [0.25, 0.3) is 11.0 Å². The maximum Gasteiger partial charge on any atom is 0.134 e. The summed E-state index contributed by atoms with van der Waals surface area (Å²) in [5.41, 5.74) is 1.74. The van der Waals surface area contributed by atoms with E-state index in [1.807, 2.05) is 19.1 Å². The molecule has 1 N–H and O–H groups in total. The van der Waals surface area contributed by atoms with Gasteiger partial charge in [-0.25, -0.2) is 4.39 Å². The van der Waals surface area contributed by atoms with Gasteiger partial charge in [0.1, 0.15) is 29.0 Å². The number of hydrogen-bond acceptors (Lipinski definition) is 3. The second-order valence-corrected chi connectivity index (χ2v) is 5.19. The Labute approximate surface area is 122 Å². The predicted octanol–water partition coefficient (Wildman–Crippen LogP) is 4.56. The fourth-order valence-electron chi connectivity index (χ4n) is 2.47. The van der Waals surface area contributed by atoms with Crippen LogP contribution in [0.5, 0.6) is 0 Å². The molecule has 0 amide bonds. The summed E-state index contributed by atoms with van der Waals surface area (Å²) in [5.74, 6) is 1.31. The quantitative estimate of drug-likeness (QED) is 0.747. The minimum Gasteiger partial charge on any atom is -0.467 e. The molecule has 2 aromatic heterocycles. The van der Waals surface area contributed by atoms with Gasteiger partial charge >= 0.3 is 0 Å². The van der Waals surface area contributed by atoms with Crippen LogP contribution in [0.1, 0.15) is 36.5 Å². The van der Waals surface area contributed by atoms with Gasteiger partial charge in [-0.15, -0.1) is 0 Å². The van der Waals surface area contributed by atoms with Crippen molar-refractivity contribution in [1.82, 2.24) is 5.32 Å². The van der Waals surface area contributed by atoms with Gasteiger partial charge in [-0.1, -0.05) is 6.92 Å². The van der Waals surface area contributed by atoms with Gasteiger partial charge in [-0.2, -0.15) is 0 Å². The highest BCUT2D eigenvalue weighted by molar-refractivity contribution is 5.78. The maximum absolute atomic E-state index is 13.3. The normalized spacial score (nSPS) is 12.9. The summed E-state index contributed by atoms with van der Waals surface area (Å²) >= 11 is 0. The summed E-state index contributed by atoms with van der Waals surface area (Å²) in [7, 11) is 0. The highest BCUT2D eigenvalue weighted by atomic mass is 19.1. The third-order valence-corrected chi connectivity index (χ3v) is 3.54. The van der Waals surface area contributed by atoms with Gasteiger partial charge in [0, 0.05) is 5.39 Å². The van der Waals surface area contributed by atoms with Crippen LogP contribution in [0.3, 0.4) is 0 Å². The molecule has 3 aromatic rings. The zero-order valence-electron chi connectivity index (χ0n) is 12.2. The van der Waals surface area contributed by atoms with Crippen LogP contribution in [0.4, 0.5) is 4.39 Å². The van der Waals surface area contributed by atoms with Crippen LogP contribution in [0.2, 0.25) is 0 Å². The molecular formula is C17H18FNO2. The van der Waals surface area contributed by atoms with Crippen LogP contribution in [-0.2, 0) is 0 Å². The molecule has 0 aliphatic rings. The second-order valence-electron chi connectivity index (χ2n) is 5.19. The van der Waals surface area contributed by atoms with Gasteiger partial charge in [0.25, 0.3) is 0 Å². The Bertz CT molecular complexity index is 744. The van der Waals surface area contributed by atoms with Crippen molar-refractivity contribution in [1.29, 1.82) is 0 Å². The molecule has 3 nitrogen and oxygen atoms in total. The van der Waals surface area contributed by atoms with Gasteiger partial charge < -0.3 is 14.2 Å². The molecule has 21 heavy (non-hydrogen) atoms. The van der Waals surface area contributed by atoms with Crippen molar-refractivity contribution >= 4 is 11.0 Å². The highest BCUT2D eigenvalue weighted by Crippen LogP contribution is 2.30. The first-order valence-electron chi connectivity index (χ1n) is 7.15. The lowest BCUT2D eigenvalue weighted by Crippen LogP contribution is -2.22. The Hall–Kier alpha value is -2.07. The van der Waals surface area contributed by atoms with E-state index >= 15 is 0 Å². The largest absolute Gasteiger partial charge is 0.467 e. The number of benzene rings is 1. The SMILES string of the molecule is CCCNC(c1cc2cc(F)ccc2o1)c1occc1C. The number of hydrogen-bond donors (Lipinski definition) is 1. The van der Waals surface area contributed by atoms with Crippen LogP contribution in [-0.4, -0.2) is 6.54 Å². The minimum atomic E-state index is -0.262. The van der Waals surface area contributed by atoms with E-state index in [4.69, 9.17) is 8.83 Å². The first kappa shape index (κ1) is 13.9. The molecule has 0 radical (unpaired) electrons. The van der Waals surface area contributed by atoms with Crippen molar-refractivity contribution in [2.24, 2.45) is 0 Å². The molecule has 0 bridgehead atoms. The molecule has 0 spiro atoms. The van der Waals surface area contributed by atoms with Gasteiger partial charge in [0.15, 0.2) is 0 Å². The fraction of sp³-hybridized carbons (Fsp3) is 0.294. The Kier molecular flexibility index (Phi) is 3.80.